The van der Waals surface area contributed by atoms with Crippen LogP contribution >= 0.6 is 0 Å². The van der Waals surface area contributed by atoms with Gasteiger partial charge in [0, 0.05) is 18.2 Å². The number of carbonyl (C=O) groups is 3. The summed E-state index contributed by atoms with van der Waals surface area (Å²) in [5, 5.41) is 5.55. The Morgan fingerprint density at radius 1 is 1.10 bits per heavy atom. The molecule has 8 nitrogen and oxygen atoms in total. The van der Waals surface area contributed by atoms with Crippen LogP contribution in [0.1, 0.15) is 24.0 Å². The smallest absolute Gasteiger partial charge is 0.325 e. The topological polar surface area (TPSA) is 97.0 Å². The van der Waals surface area contributed by atoms with E-state index in [0.29, 0.717) is 43.2 Å². The highest BCUT2D eigenvalue weighted by molar-refractivity contribution is 6.11. The van der Waals surface area contributed by atoms with E-state index in [9.17, 15) is 14.4 Å². The molecule has 0 radical (unpaired) electrons. The predicted molar refractivity (Wildman–Crippen MR) is 107 cm³/mol. The maximum atomic E-state index is 13.1. The zero-order chi connectivity index (χ0) is 20.7. The number of amides is 4. The van der Waals surface area contributed by atoms with Crippen molar-refractivity contribution in [3.8, 4) is 11.5 Å². The Kier molecular flexibility index (Phi) is 4.34. The second kappa shape index (κ2) is 7.05. The number of fused-ring (bicyclic) bond motifs is 3. The largest absolute Gasteiger partial charge is 0.490 e. The van der Waals surface area contributed by atoms with Crippen LogP contribution in [0.15, 0.2) is 42.5 Å². The zero-order valence-electron chi connectivity index (χ0n) is 16.3. The first kappa shape index (κ1) is 18.5. The molecule has 0 saturated carbocycles. The molecule has 1 spiro atoms. The number of aryl methyl sites for hydroxylation is 1. The lowest BCUT2D eigenvalue weighted by atomic mass is 9.92. The third-order valence-corrected chi connectivity index (χ3v) is 5.76. The number of nitrogens with zero attached hydrogens (tertiary/aromatic N) is 1. The van der Waals surface area contributed by atoms with Crippen molar-refractivity contribution >= 4 is 23.5 Å². The zero-order valence-corrected chi connectivity index (χ0v) is 16.3. The molecule has 1 aliphatic carbocycles. The van der Waals surface area contributed by atoms with Crippen LogP contribution in [0.5, 0.6) is 11.5 Å². The van der Waals surface area contributed by atoms with Crippen LogP contribution in [0.3, 0.4) is 0 Å². The van der Waals surface area contributed by atoms with Crippen molar-refractivity contribution < 1.29 is 23.9 Å². The summed E-state index contributed by atoms with van der Waals surface area (Å²) < 4.78 is 11.2. The summed E-state index contributed by atoms with van der Waals surface area (Å²) in [5.41, 5.74) is 1.31. The van der Waals surface area contributed by atoms with Gasteiger partial charge < -0.3 is 20.1 Å². The van der Waals surface area contributed by atoms with Crippen LogP contribution in [0.2, 0.25) is 0 Å². The average molecular weight is 407 g/mol. The molecule has 0 aromatic heterocycles. The van der Waals surface area contributed by atoms with Crippen LogP contribution in [-0.2, 0) is 21.5 Å². The van der Waals surface area contributed by atoms with Gasteiger partial charge in [0.05, 0.1) is 13.2 Å². The highest BCUT2D eigenvalue weighted by Gasteiger charge is 2.55. The van der Waals surface area contributed by atoms with Gasteiger partial charge in [-0.25, -0.2) is 4.79 Å². The molecular weight excluding hydrogens is 386 g/mol. The van der Waals surface area contributed by atoms with Gasteiger partial charge in [-0.05, 0) is 36.1 Å². The third-order valence-electron chi connectivity index (χ3n) is 5.76. The minimum atomic E-state index is -1.07. The van der Waals surface area contributed by atoms with E-state index in [1.807, 2.05) is 24.3 Å². The normalized spacial score (nSPS) is 21.9. The average Bonchev–Trinajstić information content (AvgIpc) is 3.09. The van der Waals surface area contributed by atoms with Gasteiger partial charge in [0.2, 0.25) is 5.91 Å². The van der Waals surface area contributed by atoms with Crippen LogP contribution in [0.25, 0.3) is 0 Å². The van der Waals surface area contributed by atoms with Gasteiger partial charge in [-0.2, -0.15) is 0 Å². The second-order valence-corrected chi connectivity index (χ2v) is 7.64. The Morgan fingerprint density at radius 3 is 2.77 bits per heavy atom. The number of carbonyl (C=O) groups excluding carboxylic acids is 3. The van der Waals surface area contributed by atoms with E-state index < -0.39 is 17.5 Å². The fraction of sp³-hybridized carbons (Fsp3) is 0.318. The van der Waals surface area contributed by atoms with E-state index in [0.717, 1.165) is 22.4 Å². The van der Waals surface area contributed by atoms with Crippen molar-refractivity contribution in [3.63, 3.8) is 0 Å². The first-order valence-corrected chi connectivity index (χ1v) is 9.99. The number of rotatable bonds is 3. The van der Waals surface area contributed by atoms with Crippen LogP contribution < -0.4 is 20.1 Å². The molecule has 154 valence electrons. The number of hydrogen-bond acceptors (Lipinski definition) is 5. The van der Waals surface area contributed by atoms with Gasteiger partial charge in [0.15, 0.2) is 11.5 Å². The number of anilines is 1. The molecule has 3 aliphatic rings. The van der Waals surface area contributed by atoms with Gasteiger partial charge in [0.25, 0.3) is 5.91 Å². The molecule has 30 heavy (non-hydrogen) atoms. The first-order chi connectivity index (χ1) is 14.6. The molecule has 2 aliphatic heterocycles. The SMILES string of the molecule is O=C(CN1C(=O)N[C@]2(CCc3ccccc32)C1=O)Nc1ccc2c(c1)OCCCO2. The lowest BCUT2D eigenvalue weighted by Gasteiger charge is -2.22. The van der Waals surface area contributed by atoms with Gasteiger partial charge in [-0.1, -0.05) is 24.3 Å². The van der Waals surface area contributed by atoms with Gasteiger partial charge in [-0.15, -0.1) is 0 Å². The fourth-order valence-electron chi connectivity index (χ4n) is 4.32. The minimum absolute atomic E-state index is 0.358. The lowest BCUT2D eigenvalue weighted by Crippen LogP contribution is -2.42. The Bertz CT molecular complexity index is 1050. The van der Waals surface area contributed by atoms with Gasteiger partial charge in [-0.3, -0.25) is 14.5 Å². The number of nitrogens with one attached hydrogen (secondary N) is 2. The predicted octanol–water partition coefficient (Wildman–Crippen LogP) is 2.18. The maximum absolute atomic E-state index is 13.1. The Hall–Kier alpha value is -3.55. The van der Waals surface area contributed by atoms with Crippen LogP contribution in [-0.4, -0.2) is 42.5 Å². The quantitative estimate of drug-likeness (QED) is 0.761. The van der Waals surface area contributed by atoms with Crippen molar-refractivity contribution in [1.82, 2.24) is 10.2 Å². The highest BCUT2D eigenvalue weighted by atomic mass is 16.5. The summed E-state index contributed by atoms with van der Waals surface area (Å²) in [6.07, 6.45) is 1.99. The van der Waals surface area contributed by atoms with Crippen molar-refractivity contribution in [1.29, 1.82) is 0 Å². The molecule has 2 aromatic rings. The van der Waals surface area contributed by atoms with E-state index in [1.165, 1.54) is 0 Å². The first-order valence-electron chi connectivity index (χ1n) is 9.99. The molecule has 1 fully saturated rings. The van der Waals surface area contributed by atoms with Crippen molar-refractivity contribution in [3.05, 3.63) is 53.6 Å². The Labute approximate surface area is 173 Å². The molecule has 2 aromatic carbocycles. The van der Waals surface area contributed by atoms with Gasteiger partial charge in [0.1, 0.15) is 12.1 Å². The monoisotopic (exact) mass is 407 g/mol. The molecule has 0 bridgehead atoms. The molecule has 0 unspecified atom stereocenters. The van der Waals surface area contributed by atoms with E-state index in [-0.39, 0.29) is 12.5 Å². The van der Waals surface area contributed by atoms with E-state index in [4.69, 9.17) is 9.47 Å². The van der Waals surface area contributed by atoms with Crippen molar-refractivity contribution in [2.75, 3.05) is 25.1 Å². The lowest BCUT2D eigenvalue weighted by molar-refractivity contribution is -0.134. The Balaban J connectivity index is 1.31. The fourth-order valence-corrected chi connectivity index (χ4v) is 4.32. The molecule has 4 amide bonds. The summed E-state index contributed by atoms with van der Waals surface area (Å²) >= 11 is 0. The standard InChI is InChI=1S/C22H21N3O5/c26-19(23-15-6-7-17-18(12-15)30-11-3-10-29-17)13-25-20(27)22(24-21(25)28)9-8-14-4-1-2-5-16(14)22/h1-2,4-7,12H,3,8-11,13H2,(H,23,26)(H,24,28)/t22-/m0/s1. The van der Waals surface area contributed by atoms with E-state index in [2.05, 4.69) is 10.6 Å². The summed E-state index contributed by atoms with van der Waals surface area (Å²) in [7, 11) is 0. The maximum Gasteiger partial charge on any atom is 0.325 e. The van der Waals surface area contributed by atoms with E-state index in [1.54, 1.807) is 18.2 Å². The van der Waals surface area contributed by atoms with Crippen molar-refractivity contribution in [2.24, 2.45) is 0 Å². The summed E-state index contributed by atoms with van der Waals surface area (Å²) in [5.74, 6) is 0.339. The minimum Gasteiger partial charge on any atom is -0.490 e. The number of hydrogen-bond donors (Lipinski definition) is 2. The number of imide groups is 1. The van der Waals surface area contributed by atoms with E-state index >= 15 is 0 Å². The molecular formula is C22H21N3O5. The van der Waals surface area contributed by atoms with Crippen LogP contribution in [0.4, 0.5) is 10.5 Å². The summed E-state index contributed by atoms with van der Waals surface area (Å²) in [6, 6.07) is 12.2. The molecule has 1 atom stereocenters. The summed E-state index contributed by atoms with van der Waals surface area (Å²) in [6.45, 7) is 0.759. The van der Waals surface area contributed by atoms with Crippen LogP contribution in [0, 0.1) is 0 Å². The molecule has 1 saturated heterocycles. The third kappa shape index (κ3) is 2.96. The second-order valence-electron chi connectivity index (χ2n) is 7.64. The van der Waals surface area contributed by atoms with Crippen molar-refractivity contribution in [2.45, 2.75) is 24.8 Å². The summed E-state index contributed by atoms with van der Waals surface area (Å²) in [4.78, 5) is 39.3. The molecule has 2 heterocycles. The molecule has 5 rings (SSSR count). The number of ether oxygens (including phenoxy) is 2. The highest BCUT2D eigenvalue weighted by Crippen LogP contribution is 2.41. The Morgan fingerprint density at radius 2 is 1.90 bits per heavy atom. The van der Waals surface area contributed by atoms with Gasteiger partial charge >= 0.3 is 6.03 Å². The number of urea groups is 1. The molecule has 8 heteroatoms. The molecule has 2 N–H and O–H groups in total. The number of benzene rings is 2.